The van der Waals surface area contributed by atoms with Gasteiger partial charge in [-0.3, -0.25) is 14.6 Å². The summed E-state index contributed by atoms with van der Waals surface area (Å²) in [6.07, 6.45) is 3.22. The molecule has 0 aromatic heterocycles. The standard InChI is InChI=1S/C25H28N4O4/c1-2-33-25(32)21-17-22(29(27-21)18-11-5-3-6-12-18)23(30)26-20-14-8-7-13-19(20)24(31)28-15-9-4-10-16-28/h3,5-8,11-14,22H,2,4,9-10,15-17H2,1H3,(H,26,30). The summed E-state index contributed by atoms with van der Waals surface area (Å²) in [5.74, 6) is -0.962. The lowest BCUT2D eigenvalue weighted by molar-refractivity contribution is -0.135. The molecule has 1 fully saturated rings. The molecule has 2 aliphatic heterocycles. The van der Waals surface area contributed by atoms with Crippen LogP contribution in [0.2, 0.25) is 0 Å². The minimum atomic E-state index is -0.745. The van der Waals surface area contributed by atoms with Crippen LogP contribution >= 0.6 is 0 Å². The van der Waals surface area contributed by atoms with Gasteiger partial charge in [0.05, 0.1) is 23.5 Å². The zero-order chi connectivity index (χ0) is 23.2. The van der Waals surface area contributed by atoms with Crippen molar-refractivity contribution in [3.63, 3.8) is 0 Å². The van der Waals surface area contributed by atoms with Gasteiger partial charge in [0, 0.05) is 19.5 Å². The predicted molar refractivity (Wildman–Crippen MR) is 126 cm³/mol. The van der Waals surface area contributed by atoms with Gasteiger partial charge in [-0.25, -0.2) is 4.79 Å². The highest BCUT2D eigenvalue weighted by atomic mass is 16.5. The summed E-state index contributed by atoms with van der Waals surface area (Å²) in [5.41, 5.74) is 1.80. The van der Waals surface area contributed by atoms with Gasteiger partial charge in [-0.15, -0.1) is 0 Å². The fraction of sp³-hybridized carbons (Fsp3) is 0.360. The first-order valence-electron chi connectivity index (χ1n) is 11.4. The highest BCUT2D eigenvalue weighted by Crippen LogP contribution is 2.27. The molecular weight excluding hydrogens is 420 g/mol. The quantitative estimate of drug-likeness (QED) is 0.684. The summed E-state index contributed by atoms with van der Waals surface area (Å²) in [5, 5.41) is 8.84. The van der Waals surface area contributed by atoms with Crippen LogP contribution in [0.15, 0.2) is 59.7 Å². The van der Waals surface area contributed by atoms with E-state index in [9.17, 15) is 14.4 Å². The number of anilines is 2. The number of para-hydroxylation sites is 2. The summed E-state index contributed by atoms with van der Waals surface area (Å²) in [6.45, 7) is 3.40. The lowest BCUT2D eigenvalue weighted by Crippen LogP contribution is -2.40. The van der Waals surface area contributed by atoms with Gasteiger partial charge >= 0.3 is 5.97 Å². The van der Waals surface area contributed by atoms with Crippen LogP contribution in [-0.2, 0) is 14.3 Å². The molecule has 2 aromatic carbocycles. The van der Waals surface area contributed by atoms with E-state index >= 15 is 0 Å². The van der Waals surface area contributed by atoms with E-state index in [1.165, 1.54) is 5.01 Å². The second-order valence-corrected chi connectivity index (χ2v) is 8.05. The highest BCUT2D eigenvalue weighted by Gasteiger charge is 2.37. The Kier molecular flexibility index (Phi) is 7.02. The van der Waals surface area contributed by atoms with Crippen molar-refractivity contribution in [2.45, 2.75) is 38.6 Å². The first-order chi connectivity index (χ1) is 16.1. The third-order valence-corrected chi connectivity index (χ3v) is 5.80. The zero-order valence-corrected chi connectivity index (χ0v) is 18.7. The number of piperidine rings is 1. The van der Waals surface area contributed by atoms with Crippen molar-refractivity contribution in [3.8, 4) is 0 Å². The molecule has 4 rings (SSSR count). The minimum Gasteiger partial charge on any atom is -0.461 e. The Morgan fingerprint density at radius 3 is 2.42 bits per heavy atom. The fourth-order valence-electron chi connectivity index (χ4n) is 4.13. The number of likely N-dealkylation sites (tertiary alicyclic amines) is 1. The summed E-state index contributed by atoms with van der Waals surface area (Å²) >= 11 is 0. The molecule has 0 spiro atoms. The molecule has 0 radical (unpaired) electrons. The van der Waals surface area contributed by atoms with Crippen LogP contribution in [-0.4, -0.2) is 54.1 Å². The number of hydrazone groups is 1. The van der Waals surface area contributed by atoms with E-state index in [-0.39, 0.29) is 30.6 Å². The fourth-order valence-corrected chi connectivity index (χ4v) is 4.13. The lowest BCUT2D eigenvalue weighted by Gasteiger charge is -2.28. The van der Waals surface area contributed by atoms with Crippen molar-refractivity contribution in [1.29, 1.82) is 0 Å². The Bertz CT molecular complexity index is 1050. The average Bonchev–Trinajstić information content (AvgIpc) is 3.31. The number of hydrogen-bond donors (Lipinski definition) is 1. The zero-order valence-electron chi connectivity index (χ0n) is 18.7. The average molecular weight is 449 g/mol. The second-order valence-electron chi connectivity index (χ2n) is 8.05. The first kappa shape index (κ1) is 22.5. The third kappa shape index (κ3) is 5.05. The van der Waals surface area contributed by atoms with Crippen LogP contribution in [0.5, 0.6) is 0 Å². The molecule has 2 aliphatic rings. The molecule has 33 heavy (non-hydrogen) atoms. The number of carbonyl (C=O) groups excluding carboxylic acids is 3. The normalized spacial score (nSPS) is 18.0. The molecule has 1 saturated heterocycles. The number of carbonyl (C=O) groups is 3. The van der Waals surface area contributed by atoms with Crippen molar-refractivity contribution < 1.29 is 19.1 Å². The number of nitrogens with zero attached hydrogens (tertiary/aromatic N) is 3. The number of benzene rings is 2. The van der Waals surface area contributed by atoms with Crippen molar-refractivity contribution in [3.05, 3.63) is 60.2 Å². The smallest absolute Gasteiger partial charge is 0.354 e. The molecule has 1 N–H and O–H groups in total. The predicted octanol–water partition coefficient (Wildman–Crippen LogP) is 3.45. The van der Waals surface area contributed by atoms with Gasteiger partial charge in [0.25, 0.3) is 5.91 Å². The highest BCUT2D eigenvalue weighted by molar-refractivity contribution is 6.38. The number of nitrogens with one attached hydrogen (secondary N) is 1. The van der Waals surface area contributed by atoms with Crippen molar-refractivity contribution >= 4 is 34.9 Å². The molecular formula is C25H28N4O4. The van der Waals surface area contributed by atoms with Crippen molar-refractivity contribution in [2.75, 3.05) is 30.0 Å². The molecule has 0 aliphatic carbocycles. The van der Waals surface area contributed by atoms with Crippen LogP contribution in [0, 0.1) is 0 Å². The Morgan fingerprint density at radius 1 is 1.00 bits per heavy atom. The lowest BCUT2D eigenvalue weighted by atomic mass is 10.1. The van der Waals surface area contributed by atoms with E-state index in [0.717, 1.165) is 32.4 Å². The van der Waals surface area contributed by atoms with Gasteiger partial charge < -0.3 is 15.0 Å². The summed E-state index contributed by atoms with van der Waals surface area (Å²) in [6, 6.07) is 15.5. The molecule has 0 saturated carbocycles. The van der Waals surface area contributed by atoms with Gasteiger partial charge in [0.1, 0.15) is 11.8 Å². The summed E-state index contributed by atoms with van der Waals surface area (Å²) < 4.78 is 5.10. The molecule has 1 unspecified atom stereocenters. The number of ether oxygens (including phenoxy) is 1. The Hall–Kier alpha value is -3.68. The van der Waals surface area contributed by atoms with Crippen LogP contribution in [0.3, 0.4) is 0 Å². The van der Waals surface area contributed by atoms with E-state index in [1.807, 2.05) is 35.2 Å². The maximum Gasteiger partial charge on any atom is 0.354 e. The van der Waals surface area contributed by atoms with Crippen LogP contribution in [0.1, 0.15) is 43.0 Å². The third-order valence-electron chi connectivity index (χ3n) is 5.80. The molecule has 2 aromatic rings. The monoisotopic (exact) mass is 448 g/mol. The first-order valence-corrected chi connectivity index (χ1v) is 11.4. The van der Waals surface area contributed by atoms with Crippen LogP contribution in [0.25, 0.3) is 0 Å². The van der Waals surface area contributed by atoms with Gasteiger partial charge in [-0.2, -0.15) is 5.10 Å². The summed E-state index contributed by atoms with van der Waals surface area (Å²) in [4.78, 5) is 40.6. The van der Waals surface area contributed by atoms with Crippen LogP contribution < -0.4 is 10.3 Å². The molecule has 0 bridgehead atoms. The van der Waals surface area contributed by atoms with E-state index in [2.05, 4.69) is 10.4 Å². The molecule has 2 heterocycles. The number of esters is 1. The Balaban J connectivity index is 1.56. The largest absolute Gasteiger partial charge is 0.461 e. The van der Waals surface area contributed by atoms with E-state index < -0.39 is 12.0 Å². The molecule has 8 nitrogen and oxygen atoms in total. The molecule has 1 atom stereocenters. The van der Waals surface area contributed by atoms with Gasteiger partial charge in [0.2, 0.25) is 5.91 Å². The summed E-state index contributed by atoms with van der Waals surface area (Å²) in [7, 11) is 0. The number of rotatable bonds is 6. The Labute approximate surface area is 193 Å². The van der Waals surface area contributed by atoms with E-state index in [4.69, 9.17) is 4.74 Å². The van der Waals surface area contributed by atoms with Gasteiger partial charge in [-0.1, -0.05) is 30.3 Å². The second kappa shape index (κ2) is 10.3. The van der Waals surface area contributed by atoms with Crippen molar-refractivity contribution in [2.24, 2.45) is 5.10 Å². The van der Waals surface area contributed by atoms with Crippen LogP contribution in [0.4, 0.5) is 11.4 Å². The van der Waals surface area contributed by atoms with Crippen molar-refractivity contribution in [1.82, 2.24) is 4.90 Å². The minimum absolute atomic E-state index is 0.0830. The van der Waals surface area contributed by atoms with E-state index in [1.54, 1.807) is 31.2 Å². The van der Waals surface area contributed by atoms with E-state index in [0.29, 0.717) is 16.9 Å². The topological polar surface area (TPSA) is 91.3 Å². The van der Waals surface area contributed by atoms with Gasteiger partial charge in [0.15, 0.2) is 0 Å². The molecule has 172 valence electrons. The number of hydrogen-bond acceptors (Lipinski definition) is 6. The SMILES string of the molecule is CCOC(=O)C1=NN(c2ccccc2)C(C(=O)Nc2ccccc2C(=O)N2CCCCC2)C1. The number of amides is 2. The maximum atomic E-state index is 13.4. The Morgan fingerprint density at radius 2 is 1.70 bits per heavy atom. The molecule has 2 amide bonds. The maximum absolute atomic E-state index is 13.4. The van der Waals surface area contributed by atoms with Gasteiger partial charge in [-0.05, 0) is 50.5 Å². The molecule has 8 heteroatoms.